The fraction of sp³-hybridized carbons (Fsp3) is 0.600. The van der Waals surface area contributed by atoms with Crippen molar-refractivity contribution < 1.29 is 14.3 Å². The third kappa shape index (κ3) is 4.97. The van der Waals surface area contributed by atoms with Crippen LogP contribution >= 0.6 is 0 Å². The van der Waals surface area contributed by atoms with E-state index in [9.17, 15) is 9.59 Å². The van der Waals surface area contributed by atoms with Crippen LogP contribution in [-0.4, -0.2) is 60.4 Å². The zero-order valence-electron chi connectivity index (χ0n) is 16.5. The first-order valence-corrected chi connectivity index (χ1v) is 9.29. The minimum Gasteiger partial charge on any atom is -0.497 e. The van der Waals surface area contributed by atoms with Gasteiger partial charge in [0.15, 0.2) is 0 Å². The number of likely N-dealkylation sites (tertiary alicyclic amines) is 1. The van der Waals surface area contributed by atoms with Crippen molar-refractivity contribution in [2.45, 2.75) is 58.2 Å². The van der Waals surface area contributed by atoms with E-state index in [1.54, 1.807) is 18.1 Å². The summed E-state index contributed by atoms with van der Waals surface area (Å²) in [5.74, 6) is 0.634. The van der Waals surface area contributed by atoms with Gasteiger partial charge in [-0.05, 0) is 59.2 Å². The highest BCUT2D eigenvalue weighted by atomic mass is 16.5. The van der Waals surface area contributed by atoms with Gasteiger partial charge >= 0.3 is 0 Å². The third-order valence-corrected chi connectivity index (χ3v) is 5.21. The number of likely N-dealkylation sites (N-methyl/N-ethyl adjacent to an activating group) is 1. The Morgan fingerprint density at radius 1 is 1.31 bits per heavy atom. The second-order valence-corrected chi connectivity index (χ2v) is 7.25. The van der Waals surface area contributed by atoms with E-state index in [1.807, 2.05) is 37.1 Å². The van der Waals surface area contributed by atoms with Gasteiger partial charge in [0.05, 0.1) is 19.7 Å². The molecular formula is C20H31N3O3. The molecule has 1 heterocycles. The minimum absolute atomic E-state index is 0.0985. The highest BCUT2D eigenvalue weighted by Gasteiger charge is 2.33. The summed E-state index contributed by atoms with van der Waals surface area (Å²) in [6, 6.07) is 7.40. The Balaban J connectivity index is 1.93. The van der Waals surface area contributed by atoms with Crippen LogP contribution in [0.4, 0.5) is 5.69 Å². The van der Waals surface area contributed by atoms with Gasteiger partial charge in [0, 0.05) is 23.8 Å². The lowest BCUT2D eigenvalue weighted by atomic mass is 9.96. The van der Waals surface area contributed by atoms with Gasteiger partial charge in [-0.15, -0.1) is 0 Å². The fourth-order valence-corrected chi connectivity index (χ4v) is 3.52. The standard InChI is InChI=1S/C20H31N3O3/c1-14-8-6-9-15(2)23(14)20(25)16(3)22(4)13-19(24)21-17-10-7-11-18(12-17)26-5/h7,10-12,14-16H,6,8-9,13H2,1-5H3,(H,21,24)/t14-,15-,16+/m0/s1. The molecule has 0 bridgehead atoms. The van der Waals surface area contributed by atoms with Gasteiger partial charge < -0.3 is 15.0 Å². The van der Waals surface area contributed by atoms with Gasteiger partial charge in [0.2, 0.25) is 11.8 Å². The van der Waals surface area contributed by atoms with E-state index < -0.39 is 0 Å². The van der Waals surface area contributed by atoms with Gasteiger partial charge in [-0.1, -0.05) is 6.07 Å². The second-order valence-electron chi connectivity index (χ2n) is 7.25. The van der Waals surface area contributed by atoms with E-state index in [1.165, 1.54) is 6.42 Å². The molecule has 1 saturated heterocycles. The maximum Gasteiger partial charge on any atom is 0.240 e. The van der Waals surface area contributed by atoms with Crippen molar-refractivity contribution in [1.82, 2.24) is 9.80 Å². The van der Waals surface area contributed by atoms with E-state index in [0.717, 1.165) is 12.8 Å². The third-order valence-electron chi connectivity index (χ3n) is 5.21. The molecule has 2 rings (SSSR count). The fourth-order valence-electron chi connectivity index (χ4n) is 3.52. The van der Waals surface area contributed by atoms with Crippen LogP contribution in [-0.2, 0) is 9.59 Å². The molecule has 6 heteroatoms. The van der Waals surface area contributed by atoms with Gasteiger partial charge in [-0.3, -0.25) is 14.5 Å². The van der Waals surface area contributed by atoms with Crippen molar-refractivity contribution in [3.05, 3.63) is 24.3 Å². The molecule has 6 nitrogen and oxygen atoms in total. The number of benzene rings is 1. The summed E-state index contributed by atoms with van der Waals surface area (Å²) >= 11 is 0. The molecule has 3 atom stereocenters. The van der Waals surface area contributed by atoms with Crippen molar-refractivity contribution >= 4 is 17.5 Å². The van der Waals surface area contributed by atoms with Crippen LogP contribution in [0, 0.1) is 0 Å². The second kappa shape index (κ2) is 9.03. The Kier molecular flexibility index (Phi) is 7.03. The first-order chi connectivity index (χ1) is 12.3. The van der Waals surface area contributed by atoms with Crippen molar-refractivity contribution in [3.8, 4) is 5.75 Å². The van der Waals surface area contributed by atoms with E-state index >= 15 is 0 Å². The minimum atomic E-state index is -0.339. The van der Waals surface area contributed by atoms with Crippen LogP contribution in [0.1, 0.15) is 40.0 Å². The molecule has 26 heavy (non-hydrogen) atoms. The zero-order chi connectivity index (χ0) is 19.3. The number of nitrogens with zero attached hydrogens (tertiary/aromatic N) is 2. The number of carbonyl (C=O) groups is 2. The summed E-state index contributed by atoms with van der Waals surface area (Å²) in [4.78, 5) is 29.0. The van der Waals surface area contributed by atoms with Crippen LogP contribution in [0.15, 0.2) is 24.3 Å². The predicted octanol–water partition coefficient (Wildman–Crippen LogP) is 2.74. The molecule has 1 fully saturated rings. The summed E-state index contributed by atoms with van der Waals surface area (Å²) in [5, 5.41) is 2.85. The van der Waals surface area contributed by atoms with Crippen molar-refractivity contribution in [2.75, 3.05) is 26.0 Å². The highest BCUT2D eigenvalue weighted by molar-refractivity contribution is 5.93. The van der Waals surface area contributed by atoms with E-state index in [4.69, 9.17) is 4.74 Å². The Labute approximate surface area is 156 Å². The van der Waals surface area contributed by atoms with Gasteiger partial charge in [0.1, 0.15) is 5.75 Å². The molecule has 1 aliphatic rings. The lowest BCUT2D eigenvalue weighted by Crippen LogP contribution is -2.54. The Morgan fingerprint density at radius 3 is 2.58 bits per heavy atom. The van der Waals surface area contributed by atoms with Gasteiger partial charge in [-0.25, -0.2) is 0 Å². The summed E-state index contributed by atoms with van der Waals surface area (Å²) < 4.78 is 5.16. The number of carbonyl (C=O) groups excluding carboxylic acids is 2. The summed E-state index contributed by atoms with van der Waals surface area (Å²) in [7, 11) is 3.40. The molecule has 1 aromatic carbocycles. The summed E-state index contributed by atoms with van der Waals surface area (Å²) in [6.07, 6.45) is 3.25. The molecule has 1 N–H and O–H groups in total. The Morgan fingerprint density at radius 2 is 1.96 bits per heavy atom. The number of anilines is 1. The number of methoxy groups -OCH3 is 1. The highest BCUT2D eigenvalue weighted by Crippen LogP contribution is 2.24. The number of rotatable bonds is 6. The van der Waals surface area contributed by atoms with Crippen molar-refractivity contribution in [2.24, 2.45) is 0 Å². The smallest absolute Gasteiger partial charge is 0.240 e. The summed E-state index contributed by atoms with van der Waals surface area (Å²) in [6.45, 7) is 6.24. The average Bonchev–Trinajstić information content (AvgIpc) is 2.60. The van der Waals surface area contributed by atoms with Crippen LogP contribution in [0.5, 0.6) is 5.75 Å². The van der Waals surface area contributed by atoms with Crippen molar-refractivity contribution in [3.63, 3.8) is 0 Å². The molecule has 0 unspecified atom stereocenters. The molecule has 0 spiro atoms. The summed E-state index contributed by atoms with van der Waals surface area (Å²) in [5.41, 5.74) is 0.681. The molecule has 2 amide bonds. The number of piperidine rings is 1. The molecule has 0 aromatic heterocycles. The van der Waals surface area contributed by atoms with E-state index in [2.05, 4.69) is 19.2 Å². The normalized spacial score (nSPS) is 21.4. The monoisotopic (exact) mass is 361 g/mol. The molecule has 0 radical (unpaired) electrons. The van der Waals surface area contributed by atoms with E-state index in [-0.39, 0.29) is 36.5 Å². The molecule has 0 saturated carbocycles. The Bertz CT molecular complexity index is 624. The molecule has 144 valence electrons. The largest absolute Gasteiger partial charge is 0.497 e. The lowest BCUT2D eigenvalue weighted by molar-refractivity contribution is -0.142. The number of hydrogen-bond acceptors (Lipinski definition) is 4. The number of hydrogen-bond donors (Lipinski definition) is 1. The van der Waals surface area contributed by atoms with Crippen LogP contribution in [0.3, 0.4) is 0 Å². The van der Waals surface area contributed by atoms with Crippen molar-refractivity contribution in [1.29, 1.82) is 0 Å². The first kappa shape index (κ1) is 20.2. The number of nitrogens with one attached hydrogen (secondary N) is 1. The molecular weight excluding hydrogens is 330 g/mol. The molecule has 1 aliphatic heterocycles. The molecule has 1 aromatic rings. The van der Waals surface area contributed by atoms with Crippen LogP contribution < -0.4 is 10.1 Å². The van der Waals surface area contributed by atoms with Crippen LogP contribution in [0.2, 0.25) is 0 Å². The topological polar surface area (TPSA) is 61.9 Å². The SMILES string of the molecule is COc1cccc(NC(=O)CN(C)[C@H](C)C(=O)N2[C@@H](C)CCC[C@@H]2C)c1. The lowest BCUT2D eigenvalue weighted by Gasteiger charge is -2.41. The quantitative estimate of drug-likeness (QED) is 0.846. The first-order valence-electron chi connectivity index (χ1n) is 9.29. The maximum absolute atomic E-state index is 12.9. The van der Waals surface area contributed by atoms with Gasteiger partial charge in [0.25, 0.3) is 0 Å². The predicted molar refractivity (Wildman–Crippen MR) is 103 cm³/mol. The zero-order valence-corrected chi connectivity index (χ0v) is 16.5. The molecule has 0 aliphatic carbocycles. The Hall–Kier alpha value is -2.08. The average molecular weight is 361 g/mol. The number of amides is 2. The maximum atomic E-state index is 12.9. The van der Waals surface area contributed by atoms with Crippen LogP contribution in [0.25, 0.3) is 0 Å². The van der Waals surface area contributed by atoms with Gasteiger partial charge in [-0.2, -0.15) is 0 Å². The van der Waals surface area contributed by atoms with E-state index in [0.29, 0.717) is 11.4 Å². The number of ether oxygens (including phenoxy) is 1.